The van der Waals surface area contributed by atoms with Crippen LogP contribution in [-0.2, 0) is 4.79 Å². The van der Waals surface area contributed by atoms with Crippen LogP contribution in [0.1, 0.15) is 30.0 Å². The number of aliphatic carboxylic acids is 1. The van der Waals surface area contributed by atoms with Crippen molar-refractivity contribution in [2.75, 3.05) is 21.3 Å². The molecule has 0 bridgehead atoms. The topological polar surface area (TPSA) is 65.0 Å². The fourth-order valence-electron chi connectivity index (χ4n) is 3.53. The fourth-order valence-corrected chi connectivity index (χ4v) is 3.53. The van der Waals surface area contributed by atoms with Crippen molar-refractivity contribution < 1.29 is 28.5 Å². The Balaban J connectivity index is 2.22. The average molecular weight is 384 g/mol. The van der Waals surface area contributed by atoms with Crippen molar-refractivity contribution >= 4 is 23.2 Å². The Labute approximate surface area is 162 Å². The second kappa shape index (κ2) is 7.76. The van der Waals surface area contributed by atoms with Gasteiger partial charge in [-0.2, -0.15) is 0 Å². The van der Waals surface area contributed by atoms with Crippen LogP contribution in [0.3, 0.4) is 0 Å². The SMILES string of the molecule is COc1ccc(/C=C2\C(C)=C(CC(=O)O)c3cc(F)ccc32)c(OC)c1OC. The molecule has 0 aliphatic heterocycles. The molecular formula is C22H21FO5. The number of methoxy groups -OCH3 is 3. The number of halogens is 1. The van der Waals surface area contributed by atoms with Gasteiger partial charge in [0.25, 0.3) is 0 Å². The van der Waals surface area contributed by atoms with Crippen molar-refractivity contribution in [2.24, 2.45) is 0 Å². The molecule has 0 atom stereocenters. The van der Waals surface area contributed by atoms with Crippen LogP contribution in [0.4, 0.5) is 4.39 Å². The summed E-state index contributed by atoms with van der Waals surface area (Å²) in [7, 11) is 4.61. The number of carboxylic acid groups (broad SMARTS) is 1. The van der Waals surface area contributed by atoms with Gasteiger partial charge in [-0.1, -0.05) is 6.07 Å². The van der Waals surface area contributed by atoms with Gasteiger partial charge < -0.3 is 19.3 Å². The smallest absolute Gasteiger partial charge is 0.307 e. The average Bonchev–Trinajstić information content (AvgIpc) is 2.92. The molecule has 0 spiro atoms. The Morgan fingerprint density at radius 2 is 1.75 bits per heavy atom. The lowest BCUT2D eigenvalue weighted by Crippen LogP contribution is -1.97. The van der Waals surface area contributed by atoms with Crippen LogP contribution in [0.2, 0.25) is 0 Å². The van der Waals surface area contributed by atoms with Crippen molar-refractivity contribution in [1.82, 2.24) is 0 Å². The standard InChI is InChI=1S/C22H21FO5/c1-12-16(9-13-5-8-19(26-2)22(28-4)21(13)27-3)15-7-6-14(23)10-18(15)17(12)11-20(24)25/h5-10H,11H2,1-4H3,(H,24,25)/b16-9+. The minimum absolute atomic E-state index is 0.178. The van der Waals surface area contributed by atoms with Gasteiger partial charge in [-0.25, -0.2) is 4.39 Å². The molecule has 0 fully saturated rings. The highest BCUT2D eigenvalue weighted by Crippen LogP contribution is 2.46. The summed E-state index contributed by atoms with van der Waals surface area (Å²) in [6.45, 7) is 1.84. The predicted octanol–water partition coefficient (Wildman–Crippen LogP) is 4.65. The van der Waals surface area contributed by atoms with Crippen LogP contribution in [0.15, 0.2) is 35.9 Å². The summed E-state index contributed by atoms with van der Waals surface area (Å²) in [5.41, 5.74) is 4.34. The Hall–Kier alpha value is -3.28. The summed E-state index contributed by atoms with van der Waals surface area (Å²) in [4.78, 5) is 11.3. The van der Waals surface area contributed by atoms with E-state index in [4.69, 9.17) is 14.2 Å². The summed E-state index contributed by atoms with van der Waals surface area (Å²) in [5, 5.41) is 9.27. The molecule has 0 saturated heterocycles. The van der Waals surface area contributed by atoms with Crippen LogP contribution in [0.25, 0.3) is 17.2 Å². The fraction of sp³-hybridized carbons (Fsp3) is 0.227. The van der Waals surface area contributed by atoms with E-state index in [0.717, 1.165) is 22.3 Å². The molecule has 28 heavy (non-hydrogen) atoms. The minimum Gasteiger partial charge on any atom is -0.493 e. The maximum absolute atomic E-state index is 13.8. The van der Waals surface area contributed by atoms with E-state index in [2.05, 4.69) is 0 Å². The monoisotopic (exact) mass is 384 g/mol. The highest BCUT2D eigenvalue weighted by Gasteiger charge is 2.26. The first-order valence-corrected chi connectivity index (χ1v) is 8.64. The van der Waals surface area contributed by atoms with Crippen LogP contribution in [0.5, 0.6) is 17.2 Å². The van der Waals surface area contributed by atoms with E-state index in [0.29, 0.717) is 28.4 Å². The van der Waals surface area contributed by atoms with Crippen molar-refractivity contribution in [3.05, 3.63) is 58.4 Å². The molecule has 5 nitrogen and oxygen atoms in total. The molecule has 0 amide bonds. The van der Waals surface area contributed by atoms with Gasteiger partial charge in [0, 0.05) is 5.56 Å². The van der Waals surface area contributed by atoms with Crippen LogP contribution in [-0.4, -0.2) is 32.4 Å². The molecule has 2 aromatic rings. The number of hydrogen-bond donors (Lipinski definition) is 1. The Kier molecular flexibility index (Phi) is 5.40. The largest absolute Gasteiger partial charge is 0.493 e. The molecule has 146 valence electrons. The van der Waals surface area contributed by atoms with E-state index < -0.39 is 11.8 Å². The first-order chi connectivity index (χ1) is 13.4. The Bertz CT molecular complexity index is 1000. The number of hydrogen-bond acceptors (Lipinski definition) is 4. The minimum atomic E-state index is -0.963. The number of carbonyl (C=O) groups is 1. The van der Waals surface area contributed by atoms with Gasteiger partial charge in [-0.15, -0.1) is 0 Å². The third-order valence-corrected chi connectivity index (χ3v) is 4.82. The molecule has 1 aliphatic carbocycles. The van der Waals surface area contributed by atoms with Gasteiger partial charge >= 0.3 is 5.97 Å². The third-order valence-electron chi connectivity index (χ3n) is 4.82. The van der Waals surface area contributed by atoms with Gasteiger partial charge in [-0.05, 0) is 65.1 Å². The molecule has 3 rings (SSSR count). The van der Waals surface area contributed by atoms with Gasteiger partial charge in [0.05, 0.1) is 27.8 Å². The molecule has 1 N–H and O–H groups in total. The van der Waals surface area contributed by atoms with Crippen LogP contribution in [0, 0.1) is 5.82 Å². The lowest BCUT2D eigenvalue weighted by Gasteiger charge is -2.15. The Morgan fingerprint density at radius 3 is 2.36 bits per heavy atom. The number of ether oxygens (including phenoxy) is 3. The molecule has 6 heteroatoms. The molecule has 0 heterocycles. The van der Waals surface area contributed by atoms with Crippen molar-refractivity contribution in [3.63, 3.8) is 0 Å². The van der Waals surface area contributed by atoms with Crippen LogP contribution < -0.4 is 14.2 Å². The molecular weight excluding hydrogens is 363 g/mol. The molecule has 1 aliphatic rings. The van der Waals surface area contributed by atoms with Gasteiger partial charge in [0.2, 0.25) is 5.75 Å². The molecule has 0 aromatic heterocycles. The van der Waals surface area contributed by atoms with E-state index in [9.17, 15) is 14.3 Å². The highest BCUT2D eigenvalue weighted by molar-refractivity contribution is 6.08. The summed E-state index contributed by atoms with van der Waals surface area (Å²) in [5.74, 6) is 0.129. The molecule has 2 aromatic carbocycles. The number of carboxylic acids is 1. The van der Waals surface area contributed by atoms with E-state index in [1.54, 1.807) is 19.2 Å². The summed E-state index contributed by atoms with van der Waals surface area (Å²) in [6, 6.07) is 8.02. The van der Waals surface area contributed by atoms with Gasteiger partial charge in [0.1, 0.15) is 5.82 Å². The maximum atomic E-state index is 13.8. The lowest BCUT2D eigenvalue weighted by molar-refractivity contribution is -0.135. The van der Waals surface area contributed by atoms with Gasteiger partial charge in [-0.3, -0.25) is 4.79 Å². The van der Waals surface area contributed by atoms with Crippen molar-refractivity contribution in [1.29, 1.82) is 0 Å². The summed E-state index contributed by atoms with van der Waals surface area (Å²) >= 11 is 0. The summed E-state index contributed by atoms with van der Waals surface area (Å²) in [6.07, 6.45) is 1.71. The normalized spacial score (nSPS) is 14.2. The van der Waals surface area contributed by atoms with Crippen molar-refractivity contribution in [2.45, 2.75) is 13.3 Å². The van der Waals surface area contributed by atoms with E-state index in [1.807, 2.05) is 19.1 Å². The number of benzene rings is 2. The van der Waals surface area contributed by atoms with E-state index in [1.165, 1.54) is 26.4 Å². The van der Waals surface area contributed by atoms with Crippen molar-refractivity contribution in [3.8, 4) is 17.2 Å². The number of rotatable bonds is 6. The molecule has 0 unspecified atom stereocenters. The van der Waals surface area contributed by atoms with E-state index >= 15 is 0 Å². The number of fused-ring (bicyclic) bond motifs is 1. The lowest BCUT2D eigenvalue weighted by atomic mass is 10.00. The molecule has 0 saturated carbocycles. The highest BCUT2D eigenvalue weighted by atomic mass is 19.1. The first kappa shape index (κ1) is 19.5. The second-order valence-electron chi connectivity index (χ2n) is 6.35. The first-order valence-electron chi connectivity index (χ1n) is 8.64. The van der Waals surface area contributed by atoms with Crippen LogP contribution >= 0.6 is 0 Å². The van der Waals surface area contributed by atoms with Gasteiger partial charge in [0.15, 0.2) is 11.5 Å². The zero-order valence-electron chi connectivity index (χ0n) is 16.1. The summed E-state index contributed by atoms with van der Waals surface area (Å²) < 4.78 is 30.1. The maximum Gasteiger partial charge on any atom is 0.307 e. The second-order valence-corrected chi connectivity index (χ2v) is 6.35. The predicted molar refractivity (Wildman–Crippen MR) is 105 cm³/mol. The van der Waals surface area contributed by atoms with E-state index in [-0.39, 0.29) is 6.42 Å². The third kappa shape index (κ3) is 3.33. The quantitative estimate of drug-likeness (QED) is 0.785. The Morgan fingerprint density at radius 1 is 1.04 bits per heavy atom. The zero-order valence-corrected chi connectivity index (χ0v) is 16.1. The molecule has 0 radical (unpaired) electrons. The number of allylic oxidation sites excluding steroid dienone is 2. The zero-order chi connectivity index (χ0) is 20.4.